The third-order valence-corrected chi connectivity index (χ3v) is 4.23. The summed E-state index contributed by atoms with van der Waals surface area (Å²) in [5.74, 6) is 1.51. The molecule has 0 saturated heterocycles. The van der Waals surface area contributed by atoms with Crippen LogP contribution in [-0.2, 0) is 27.1 Å². The van der Waals surface area contributed by atoms with E-state index in [0.717, 1.165) is 15.1 Å². The predicted octanol–water partition coefficient (Wildman–Crippen LogP) is 6.20. The van der Waals surface area contributed by atoms with Crippen molar-refractivity contribution in [3.8, 4) is 11.5 Å². The fourth-order valence-electron chi connectivity index (χ4n) is 2.30. The van der Waals surface area contributed by atoms with E-state index in [1.165, 1.54) is 16.7 Å². The van der Waals surface area contributed by atoms with Gasteiger partial charge in [-0.25, -0.2) is 5.57 Å². The second-order valence-corrected chi connectivity index (χ2v) is 8.47. The molecule has 26 heavy (non-hydrogen) atoms. The summed E-state index contributed by atoms with van der Waals surface area (Å²) in [5, 5.41) is 9.41. The fraction of sp³-hybridized carbons (Fsp3) is 0.545. The van der Waals surface area contributed by atoms with Crippen LogP contribution in [0.3, 0.4) is 0 Å². The van der Waals surface area contributed by atoms with Crippen molar-refractivity contribution in [1.29, 1.82) is 0 Å². The Kier molecular flexibility index (Phi) is 13.3. The Morgan fingerprint density at radius 1 is 1.08 bits per heavy atom. The SMILES string of the molecule is CC1=[C-]C(C)C(C)=C1C.COc1cc(O)cc(C(C)(C)C)c1.C[Si]C.[Ti]. The molecule has 0 aromatic heterocycles. The number of benzene rings is 1. The molecule has 1 aliphatic carbocycles. The van der Waals surface area contributed by atoms with Crippen LogP contribution in [0.1, 0.15) is 54.0 Å². The monoisotopic (exact) mass is 407 g/mol. The summed E-state index contributed by atoms with van der Waals surface area (Å²) in [6.45, 7) is 19.3. The van der Waals surface area contributed by atoms with Gasteiger partial charge in [-0.2, -0.15) is 11.1 Å². The molecule has 4 heteroatoms. The molecule has 1 unspecified atom stereocenters. The molecule has 1 aromatic rings. The van der Waals surface area contributed by atoms with E-state index in [0.29, 0.717) is 11.7 Å². The number of aromatic hydroxyl groups is 1. The van der Waals surface area contributed by atoms with E-state index >= 15 is 0 Å². The number of hydrogen-bond acceptors (Lipinski definition) is 2. The van der Waals surface area contributed by atoms with Gasteiger partial charge in [0.2, 0.25) is 0 Å². The van der Waals surface area contributed by atoms with Gasteiger partial charge in [-0.05, 0) is 23.1 Å². The molecule has 0 amide bonds. The summed E-state index contributed by atoms with van der Waals surface area (Å²) < 4.78 is 5.07. The van der Waals surface area contributed by atoms with Crippen LogP contribution in [0.15, 0.2) is 34.9 Å². The minimum absolute atomic E-state index is 0. The Balaban J connectivity index is 0. The number of methoxy groups -OCH3 is 1. The summed E-state index contributed by atoms with van der Waals surface area (Å²) >= 11 is 0. The average molecular weight is 407 g/mol. The standard InChI is InChI=1S/C11H16O2.C9H13.C2H6Si.Ti/c1-11(2,3)8-5-9(12)7-10(6-8)13-4;1-6-5-7(2)9(4)8(6)3;1-3-2;/h5-7,12H,1-4H3;6H,1-4H3;1-2H3;/q;-1;;. The number of hydrogen-bond donors (Lipinski definition) is 1. The molecule has 0 spiro atoms. The summed E-state index contributed by atoms with van der Waals surface area (Å²) in [5.41, 5.74) is 5.35. The molecule has 2 nitrogen and oxygen atoms in total. The van der Waals surface area contributed by atoms with Crippen LogP contribution >= 0.6 is 0 Å². The first kappa shape index (κ1) is 27.5. The molecule has 1 aliphatic rings. The van der Waals surface area contributed by atoms with Crippen molar-refractivity contribution in [2.24, 2.45) is 5.92 Å². The van der Waals surface area contributed by atoms with Crippen LogP contribution in [0.2, 0.25) is 13.1 Å². The first-order chi connectivity index (χ1) is 11.5. The third-order valence-electron chi connectivity index (χ3n) is 4.23. The molecule has 1 aromatic carbocycles. The fourth-order valence-corrected chi connectivity index (χ4v) is 2.30. The zero-order valence-corrected chi connectivity index (χ0v) is 20.7. The van der Waals surface area contributed by atoms with Gasteiger partial charge < -0.3 is 9.84 Å². The van der Waals surface area contributed by atoms with Gasteiger partial charge in [0.1, 0.15) is 11.5 Å². The normalized spacial score (nSPS) is 15.8. The van der Waals surface area contributed by atoms with Gasteiger partial charge in [0.15, 0.2) is 0 Å². The number of ether oxygens (including phenoxy) is 1. The Hall–Kier alpha value is -0.769. The zero-order chi connectivity index (χ0) is 19.8. The molecule has 0 bridgehead atoms. The Morgan fingerprint density at radius 3 is 1.85 bits per heavy atom. The molecule has 0 heterocycles. The number of allylic oxidation sites excluding steroid dienone is 4. The molecule has 1 N–H and O–H groups in total. The van der Waals surface area contributed by atoms with Crippen molar-refractivity contribution in [3.05, 3.63) is 46.6 Å². The minimum atomic E-state index is 0. The third kappa shape index (κ3) is 9.25. The van der Waals surface area contributed by atoms with E-state index in [4.69, 9.17) is 4.74 Å². The van der Waals surface area contributed by atoms with E-state index in [1.54, 1.807) is 19.2 Å². The Labute approximate surface area is 178 Å². The molecular formula is C22H35O2SiTi-. The van der Waals surface area contributed by atoms with Crippen molar-refractivity contribution in [2.75, 3.05) is 7.11 Å². The van der Waals surface area contributed by atoms with Gasteiger partial charge in [-0.1, -0.05) is 60.6 Å². The van der Waals surface area contributed by atoms with Gasteiger partial charge in [0.05, 0.1) is 7.11 Å². The maximum absolute atomic E-state index is 9.41. The van der Waals surface area contributed by atoms with Crippen LogP contribution in [0.5, 0.6) is 11.5 Å². The van der Waals surface area contributed by atoms with Crippen LogP contribution in [-0.4, -0.2) is 21.7 Å². The number of phenolic OH excluding ortho intramolecular Hbond substituents is 1. The van der Waals surface area contributed by atoms with Crippen LogP contribution in [0.25, 0.3) is 0 Å². The van der Waals surface area contributed by atoms with Gasteiger partial charge in [-0.3, -0.25) is 6.08 Å². The van der Waals surface area contributed by atoms with E-state index in [-0.39, 0.29) is 32.9 Å². The van der Waals surface area contributed by atoms with Gasteiger partial charge >= 0.3 is 0 Å². The molecule has 2 radical (unpaired) electrons. The summed E-state index contributed by atoms with van der Waals surface area (Å²) in [6, 6.07) is 5.32. The molecular weight excluding hydrogens is 372 g/mol. The van der Waals surface area contributed by atoms with Crippen molar-refractivity contribution < 1.29 is 31.6 Å². The summed E-state index contributed by atoms with van der Waals surface area (Å²) in [7, 11) is 2.68. The molecule has 0 fully saturated rings. The quantitative estimate of drug-likeness (QED) is 0.443. The van der Waals surface area contributed by atoms with Crippen molar-refractivity contribution in [1.82, 2.24) is 0 Å². The zero-order valence-electron chi connectivity index (χ0n) is 18.2. The summed E-state index contributed by atoms with van der Waals surface area (Å²) in [4.78, 5) is 0. The number of rotatable bonds is 1. The largest absolute Gasteiger partial charge is 0.508 e. The van der Waals surface area contributed by atoms with Gasteiger partial charge in [0, 0.05) is 37.3 Å². The predicted molar refractivity (Wildman–Crippen MR) is 111 cm³/mol. The van der Waals surface area contributed by atoms with Crippen LogP contribution in [0, 0.1) is 12.0 Å². The first-order valence-electron chi connectivity index (χ1n) is 8.72. The minimum Gasteiger partial charge on any atom is -0.508 e. The second kappa shape index (κ2) is 12.6. The molecule has 2 rings (SSSR count). The van der Waals surface area contributed by atoms with Crippen LogP contribution in [0.4, 0.5) is 0 Å². The van der Waals surface area contributed by atoms with E-state index in [9.17, 15) is 5.11 Å². The number of phenols is 1. The van der Waals surface area contributed by atoms with E-state index < -0.39 is 0 Å². The van der Waals surface area contributed by atoms with Gasteiger partial charge in [0.25, 0.3) is 0 Å². The maximum atomic E-state index is 9.41. The smallest absolute Gasteiger partial charge is 0.122 e. The van der Waals surface area contributed by atoms with Crippen molar-refractivity contribution >= 4 is 9.52 Å². The molecule has 1 atom stereocenters. The van der Waals surface area contributed by atoms with E-state index in [1.807, 2.05) is 6.07 Å². The average Bonchev–Trinajstić information content (AvgIpc) is 2.73. The van der Waals surface area contributed by atoms with Crippen molar-refractivity contribution in [2.45, 2.75) is 67.0 Å². The molecule has 144 valence electrons. The topological polar surface area (TPSA) is 29.5 Å². The second-order valence-electron chi connectivity index (χ2n) is 7.47. The van der Waals surface area contributed by atoms with E-state index in [2.05, 4.69) is 67.6 Å². The maximum Gasteiger partial charge on any atom is 0.122 e. The Bertz CT molecular complexity index is 613. The van der Waals surface area contributed by atoms with Crippen LogP contribution < -0.4 is 4.74 Å². The van der Waals surface area contributed by atoms with Gasteiger partial charge in [-0.15, -0.1) is 6.92 Å². The first-order valence-corrected chi connectivity index (χ1v) is 10.7. The van der Waals surface area contributed by atoms with Crippen molar-refractivity contribution in [3.63, 3.8) is 0 Å². The molecule has 0 aliphatic heterocycles. The molecule has 0 saturated carbocycles. The Morgan fingerprint density at radius 2 is 1.58 bits per heavy atom. The summed E-state index contributed by atoms with van der Waals surface area (Å²) in [6.07, 6.45) is 3.36.